The van der Waals surface area contributed by atoms with Crippen molar-refractivity contribution in [3.05, 3.63) is 0 Å². The summed E-state index contributed by atoms with van der Waals surface area (Å²) >= 11 is 2.83. The Bertz CT molecular complexity index is 8.00. The van der Waals surface area contributed by atoms with Crippen LogP contribution in [0.4, 0.5) is 0 Å². The van der Waals surface area contributed by atoms with E-state index in [9.17, 15) is 0 Å². The Morgan fingerprint density at radius 3 is 1.25 bits per heavy atom. The summed E-state index contributed by atoms with van der Waals surface area (Å²) < 4.78 is 0. The van der Waals surface area contributed by atoms with Crippen LogP contribution >= 0.6 is 10.6 Å². The van der Waals surface area contributed by atoms with Gasteiger partial charge in [0.25, 0.3) is 0 Å². The molecule has 0 atom stereocenters. The number of rotatable bonds is 0. The van der Waals surface area contributed by atoms with Crippen molar-refractivity contribution < 1.29 is 50.9 Å². The second kappa shape index (κ2) is 20.8. The topological polar surface area (TPSA) is 0 Å². The molecule has 0 saturated carbocycles. The molecular weight excluding hydrogens is 217 g/mol. The molecule has 0 aliphatic carbocycles. The molecule has 0 unspecified atom stereocenters. The van der Waals surface area contributed by atoms with E-state index in [-0.39, 0.29) is 36.5 Å². The van der Waals surface area contributed by atoms with Crippen molar-refractivity contribution in [1.29, 1.82) is 0 Å². The molecule has 0 N–H and O–H groups in total. The number of hydrogen-bond donors (Lipinski definition) is 0. The Kier molecular flexibility index (Phi) is 87.6. The Morgan fingerprint density at radius 1 is 1.25 bits per heavy atom. The molecule has 27 valence electrons. The van der Waals surface area contributed by atoms with Crippen LogP contribution in [0.3, 0.4) is 0 Å². The van der Waals surface area contributed by atoms with E-state index >= 15 is 0 Å². The first kappa shape index (κ1) is 16.9. The minimum Gasteiger partial charge on any atom is 0 e. The molecule has 0 aromatic rings. The van der Waals surface area contributed by atoms with Gasteiger partial charge in [-0.15, -0.1) is 0 Å². The Balaban J connectivity index is -0.00000000500. The molecule has 0 bridgehead atoms. The maximum Gasteiger partial charge on any atom is 0 e. The summed E-state index contributed by atoms with van der Waals surface area (Å²) in [6.45, 7) is 0. The van der Waals surface area contributed by atoms with Crippen molar-refractivity contribution >= 4 is 10.6 Å². The zero-order valence-electron chi connectivity index (χ0n) is 1.77. The third kappa shape index (κ3) is 9.10. The van der Waals surface area contributed by atoms with Gasteiger partial charge in [-0.2, -0.15) is 0 Å². The van der Waals surface area contributed by atoms with Gasteiger partial charge in [-0.1, -0.05) is 0 Å². The van der Waals surface area contributed by atoms with Gasteiger partial charge in [-0.25, -0.2) is 0 Å². The Labute approximate surface area is 61.0 Å². The molecule has 0 aliphatic rings. The molecule has 0 aromatic carbocycles. The molecule has 4 heteroatoms. The zero-order valence-corrected chi connectivity index (χ0v) is 7.60. The van der Waals surface area contributed by atoms with Gasteiger partial charge in [0.05, 0.1) is 0 Å². The van der Waals surface area contributed by atoms with Gasteiger partial charge in [0.1, 0.15) is 0 Å². The van der Waals surface area contributed by atoms with Crippen LogP contribution in [0.5, 0.6) is 0 Å². The second-order valence-electron chi connectivity index (χ2n) is 0. The first-order valence-electron chi connectivity index (χ1n) is 0.144. The van der Waals surface area contributed by atoms with Crippen LogP contribution in [0.2, 0.25) is 0 Å². The summed E-state index contributed by atoms with van der Waals surface area (Å²) in [6.07, 6.45) is 0. The van der Waals surface area contributed by atoms with Crippen LogP contribution in [0.1, 0.15) is 0 Å². The summed E-state index contributed by atoms with van der Waals surface area (Å²) in [5, 5.41) is 0. The van der Waals surface area contributed by atoms with Crippen LogP contribution in [0.15, 0.2) is 0 Å². The molecule has 0 rings (SSSR count). The van der Waals surface area contributed by atoms with Gasteiger partial charge in [-0.3, -0.25) is 0 Å². The zero-order chi connectivity index (χ0) is 2.00. The SMILES string of the molecule is [Cu].[S]=[Fe].[Zn]. The minimum atomic E-state index is 0. The number of hydrogen-bond acceptors (Lipinski definition) is 1. The summed E-state index contributed by atoms with van der Waals surface area (Å²) in [6, 6.07) is 0. The monoisotopic (exact) mass is 215 g/mol. The molecule has 0 spiro atoms. The predicted molar refractivity (Wildman–Crippen MR) is 7.59 cm³/mol. The summed E-state index contributed by atoms with van der Waals surface area (Å²) in [5.41, 5.74) is 0. The average molecular weight is 217 g/mol. The van der Waals surface area contributed by atoms with E-state index in [2.05, 4.69) is 24.9 Å². The van der Waals surface area contributed by atoms with Crippen molar-refractivity contribution in [3.8, 4) is 0 Å². The smallest absolute Gasteiger partial charge is 0 e. The van der Waals surface area contributed by atoms with Crippen LogP contribution in [-0.2, 0) is 50.9 Å². The van der Waals surface area contributed by atoms with Crippen molar-refractivity contribution in [2.24, 2.45) is 0 Å². The van der Waals surface area contributed by atoms with Crippen molar-refractivity contribution in [2.75, 3.05) is 0 Å². The standard InChI is InChI=1S/Cu.Fe.S.Zn. The first-order chi connectivity index (χ1) is 1.00. The molecule has 0 saturated heterocycles. The quantitative estimate of drug-likeness (QED) is 0.536. The van der Waals surface area contributed by atoms with Gasteiger partial charge in [0, 0.05) is 36.5 Å². The van der Waals surface area contributed by atoms with E-state index in [4.69, 9.17) is 0 Å². The van der Waals surface area contributed by atoms with Gasteiger partial charge >= 0.3 is 24.9 Å². The van der Waals surface area contributed by atoms with E-state index in [0.717, 1.165) is 0 Å². The maximum absolute atomic E-state index is 3.83. The third-order valence-corrected chi connectivity index (χ3v) is 0. The predicted octanol–water partition coefficient (Wildman–Crippen LogP) is 0.641. The minimum absolute atomic E-state index is 0. The maximum atomic E-state index is 3.83. The molecular formula is CuFeSZn. The van der Waals surface area contributed by atoms with Crippen molar-refractivity contribution in [1.82, 2.24) is 0 Å². The summed E-state index contributed by atoms with van der Waals surface area (Å²) in [4.78, 5) is 0. The fourth-order valence-corrected chi connectivity index (χ4v) is 0. The third-order valence-electron chi connectivity index (χ3n) is 0. The summed E-state index contributed by atoms with van der Waals surface area (Å²) in [5.74, 6) is 0. The fourth-order valence-electron chi connectivity index (χ4n) is 0. The fraction of sp³-hybridized carbons (Fsp3) is 0. The molecule has 4 heavy (non-hydrogen) atoms. The molecule has 1 radical (unpaired) electrons. The molecule has 0 fully saturated rings. The second-order valence-corrected chi connectivity index (χ2v) is 0. The Morgan fingerprint density at radius 2 is 1.25 bits per heavy atom. The van der Waals surface area contributed by atoms with Crippen molar-refractivity contribution in [3.63, 3.8) is 0 Å². The van der Waals surface area contributed by atoms with E-state index in [1.165, 1.54) is 0 Å². The largest absolute Gasteiger partial charge is 0 e. The normalized spacial score (nSPS) is 1.25. The van der Waals surface area contributed by atoms with Crippen LogP contribution in [0.25, 0.3) is 0 Å². The molecule has 0 aromatic heterocycles. The Hall–Kier alpha value is 1.88. The first-order valence-corrected chi connectivity index (χ1v) is 1.79. The van der Waals surface area contributed by atoms with E-state index in [1.54, 1.807) is 0 Å². The van der Waals surface area contributed by atoms with Crippen LogP contribution in [0, 0.1) is 0 Å². The van der Waals surface area contributed by atoms with E-state index in [1.807, 2.05) is 0 Å². The van der Waals surface area contributed by atoms with E-state index < -0.39 is 0 Å². The van der Waals surface area contributed by atoms with Crippen molar-refractivity contribution in [2.45, 2.75) is 0 Å². The molecule has 0 amide bonds. The van der Waals surface area contributed by atoms with E-state index in [0.29, 0.717) is 0 Å². The van der Waals surface area contributed by atoms with Gasteiger partial charge in [-0.05, 0) is 0 Å². The molecule has 0 heterocycles. The van der Waals surface area contributed by atoms with Gasteiger partial charge in [0.2, 0.25) is 0 Å². The van der Waals surface area contributed by atoms with Gasteiger partial charge < -0.3 is 0 Å². The van der Waals surface area contributed by atoms with Gasteiger partial charge in [0.15, 0.2) is 0 Å². The average Bonchev–Trinajstić information content (AvgIpc) is 1.00. The molecule has 0 nitrogen and oxygen atoms in total. The summed E-state index contributed by atoms with van der Waals surface area (Å²) in [7, 11) is 3.83. The van der Waals surface area contributed by atoms with Crippen LogP contribution < -0.4 is 0 Å². The molecule has 0 aliphatic heterocycles. The van der Waals surface area contributed by atoms with Crippen LogP contribution in [-0.4, -0.2) is 0 Å².